The third-order valence-electron chi connectivity index (χ3n) is 3.93. The van der Waals surface area contributed by atoms with E-state index >= 15 is 0 Å². The molecule has 10 heteroatoms. The van der Waals surface area contributed by atoms with Gasteiger partial charge in [-0.1, -0.05) is 13.3 Å². The lowest BCUT2D eigenvalue weighted by atomic mass is 9.99. The number of rotatable bonds is 7. The number of carbonyl (C=O) groups excluding carboxylic acids is 1. The van der Waals surface area contributed by atoms with Crippen LogP contribution < -0.4 is 5.32 Å². The van der Waals surface area contributed by atoms with Gasteiger partial charge in [-0.25, -0.2) is 9.59 Å². The van der Waals surface area contributed by atoms with Gasteiger partial charge in [0.2, 0.25) is 0 Å². The number of nitrogens with zero attached hydrogens (tertiary/aromatic N) is 2. The molecule has 0 aliphatic carbocycles. The third kappa shape index (κ3) is 5.55. The Hall–Kier alpha value is -1.39. The molecule has 146 valence electrons. The predicted octanol–water partition coefficient (Wildman–Crippen LogP) is 1.02. The van der Waals surface area contributed by atoms with Crippen LogP contribution in [0.2, 0.25) is 0 Å². The number of alkyl carbamates (subject to hydrolysis) is 1. The molecule has 0 bridgehead atoms. The number of carboxylic acid groups (broad SMARTS) is 1. The average molecular weight is 379 g/mol. The van der Waals surface area contributed by atoms with E-state index in [4.69, 9.17) is 4.74 Å². The van der Waals surface area contributed by atoms with Crippen LogP contribution in [0.3, 0.4) is 0 Å². The standard InChI is InChI=1S/C15H29N3O6S/c1-6-7-9-17(5)25(22,23)18-10-8-15(11-18,12(19)20)16-13(21)24-14(2,3)4/h6-11H2,1-5H3,(H,16,21)(H,19,20). The van der Waals surface area contributed by atoms with E-state index in [9.17, 15) is 23.1 Å². The van der Waals surface area contributed by atoms with Crippen molar-refractivity contribution in [2.45, 2.75) is 58.1 Å². The summed E-state index contributed by atoms with van der Waals surface area (Å²) in [5.74, 6) is -1.28. The van der Waals surface area contributed by atoms with E-state index in [0.29, 0.717) is 13.0 Å². The van der Waals surface area contributed by atoms with Crippen LogP contribution >= 0.6 is 0 Å². The summed E-state index contributed by atoms with van der Waals surface area (Å²) < 4.78 is 32.6. The molecule has 1 aliphatic heterocycles. The highest BCUT2D eigenvalue weighted by Gasteiger charge is 2.50. The van der Waals surface area contributed by atoms with Crippen LogP contribution in [0.4, 0.5) is 4.79 Å². The number of unbranched alkanes of at least 4 members (excludes halogenated alkanes) is 1. The minimum absolute atomic E-state index is 0.0148. The smallest absolute Gasteiger partial charge is 0.408 e. The van der Waals surface area contributed by atoms with E-state index in [-0.39, 0.29) is 19.5 Å². The maximum atomic E-state index is 12.6. The number of hydrogen-bond donors (Lipinski definition) is 2. The van der Waals surface area contributed by atoms with Crippen LogP contribution in [0, 0.1) is 0 Å². The SMILES string of the molecule is CCCCN(C)S(=O)(=O)N1CCC(NC(=O)OC(C)(C)C)(C(=O)O)C1. The Morgan fingerprint density at radius 3 is 2.44 bits per heavy atom. The topological polar surface area (TPSA) is 116 Å². The van der Waals surface area contributed by atoms with Crippen LogP contribution in [-0.2, 0) is 19.7 Å². The van der Waals surface area contributed by atoms with Crippen molar-refractivity contribution in [1.82, 2.24) is 13.9 Å². The lowest BCUT2D eigenvalue weighted by Crippen LogP contribution is -2.58. The summed E-state index contributed by atoms with van der Waals surface area (Å²) in [5.41, 5.74) is -2.48. The molecule has 0 radical (unpaired) electrons. The first kappa shape index (κ1) is 21.7. The Kier molecular flexibility index (Phi) is 6.82. The second-order valence-corrected chi connectivity index (χ2v) is 9.32. The van der Waals surface area contributed by atoms with Gasteiger partial charge in [0.1, 0.15) is 5.60 Å². The third-order valence-corrected chi connectivity index (χ3v) is 5.87. The van der Waals surface area contributed by atoms with E-state index < -0.39 is 33.4 Å². The largest absolute Gasteiger partial charge is 0.479 e. The molecule has 0 saturated carbocycles. The zero-order chi connectivity index (χ0) is 19.5. The van der Waals surface area contributed by atoms with Gasteiger partial charge in [0.15, 0.2) is 5.54 Å². The summed E-state index contributed by atoms with van der Waals surface area (Å²) in [4.78, 5) is 23.7. The van der Waals surface area contributed by atoms with Gasteiger partial charge in [0.05, 0.1) is 0 Å². The molecule has 0 aromatic rings. The Labute approximate surface area is 149 Å². The van der Waals surface area contributed by atoms with Gasteiger partial charge in [0.25, 0.3) is 10.2 Å². The zero-order valence-electron chi connectivity index (χ0n) is 15.5. The number of carboxylic acids is 1. The molecule has 1 fully saturated rings. The molecule has 2 N–H and O–H groups in total. The second kappa shape index (κ2) is 7.88. The van der Waals surface area contributed by atoms with Gasteiger partial charge in [0, 0.05) is 26.7 Å². The molecule has 25 heavy (non-hydrogen) atoms. The van der Waals surface area contributed by atoms with Crippen LogP contribution in [0.1, 0.15) is 47.0 Å². The fraction of sp³-hybridized carbons (Fsp3) is 0.867. The predicted molar refractivity (Wildman–Crippen MR) is 92.4 cm³/mol. The summed E-state index contributed by atoms with van der Waals surface area (Å²) in [6.07, 6.45) is 0.652. The normalized spacial score (nSPS) is 22.2. The van der Waals surface area contributed by atoms with E-state index in [1.807, 2.05) is 6.92 Å². The van der Waals surface area contributed by atoms with Crippen LogP contribution in [0.25, 0.3) is 0 Å². The van der Waals surface area contributed by atoms with E-state index in [1.165, 1.54) is 11.4 Å². The average Bonchev–Trinajstić information content (AvgIpc) is 2.88. The number of hydrogen-bond acceptors (Lipinski definition) is 5. The maximum Gasteiger partial charge on any atom is 0.408 e. The van der Waals surface area contributed by atoms with Gasteiger partial charge in [-0.15, -0.1) is 0 Å². The molecule has 0 aromatic carbocycles. The summed E-state index contributed by atoms with van der Waals surface area (Å²) in [6.45, 7) is 6.98. The molecule has 1 unspecified atom stereocenters. The molecule has 1 saturated heterocycles. The molecule has 1 rings (SSSR count). The fourth-order valence-electron chi connectivity index (χ4n) is 2.49. The molecule has 0 aromatic heterocycles. The zero-order valence-corrected chi connectivity index (χ0v) is 16.4. The number of amides is 1. The Balaban J connectivity index is 2.90. The number of aliphatic carboxylic acids is 1. The lowest BCUT2D eigenvalue weighted by molar-refractivity contribution is -0.144. The van der Waals surface area contributed by atoms with Gasteiger partial charge >= 0.3 is 12.1 Å². The van der Waals surface area contributed by atoms with E-state index in [0.717, 1.165) is 10.7 Å². The van der Waals surface area contributed by atoms with Crippen molar-refractivity contribution >= 4 is 22.3 Å². The molecule has 1 amide bonds. The molecule has 1 heterocycles. The van der Waals surface area contributed by atoms with Crippen molar-refractivity contribution < 1.29 is 27.9 Å². The Bertz CT molecular complexity index is 601. The van der Waals surface area contributed by atoms with Gasteiger partial charge in [-0.2, -0.15) is 17.0 Å². The minimum Gasteiger partial charge on any atom is -0.479 e. The molecular weight excluding hydrogens is 350 g/mol. The first-order valence-electron chi connectivity index (χ1n) is 8.30. The molecule has 9 nitrogen and oxygen atoms in total. The lowest BCUT2D eigenvalue weighted by Gasteiger charge is -2.29. The molecule has 1 aliphatic rings. The summed E-state index contributed by atoms with van der Waals surface area (Å²) in [6, 6.07) is 0. The summed E-state index contributed by atoms with van der Waals surface area (Å²) in [7, 11) is -2.31. The molecule has 1 atom stereocenters. The number of ether oxygens (including phenoxy) is 1. The van der Waals surface area contributed by atoms with Gasteiger partial charge < -0.3 is 15.2 Å². The van der Waals surface area contributed by atoms with Crippen LogP contribution in [0.15, 0.2) is 0 Å². The fourth-order valence-corrected chi connectivity index (χ4v) is 3.95. The monoisotopic (exact) mass is 379 g/mol. The highest BCUT2D eigenvalue weighted by atomic mass is 32.2. The quantitative estimate of drug-likeness (QED) is 0.682. The molecular formula is C15H29N3O6S. The van der Waals surface area contributed by atoms with Gasteiger partial charge in [-0.3, -0.25) is 0 Å². The Morgan fingerprint density at radius 1 is 1.36 bits per heavy atom. The van der Waals surface area contributed by atoms with Gasteiger partial charge in [-0.05, 0) is 33.6 Å². The first-order chi connectivity index (χ1) is 11.3. The maximum absolute atomic E-state index is 12.6. The van der Waals surface area contributed by atoms with E-state index in [2.05, 4.69) is 5.32 Å². The van der Waals surface area contributed by atoms with Crippen molar-refractivity contribution in [3.63, 3.8) is 0 Å². The summed E-state index contributed by atoms with van der Waals surface area (Å²) >= 11 is 0. The first-order valence-corrected chi connectivity index (χ1v) is 9.70. The number of nitrogens with one attached hydrogen (secondary N) is 1. The van der Waals surface area contributed by atoms with Crippen LogP contribution in [-0.4, -0.2) is 72.0 Å². The van der Waals surface area contributed by atoms with Crippen molar-refractivity contribution in [2.75, 3.05) is 26.7 Å². The Morgan fingerprint density at radius 2 is 1.96 bits per heavy atom. The highest BCUT2D eigenvalue weighted by molar-refractivity contribution is 7.86. The molecule has 0 spiro atoms. The van der Waals surface area contributed by atoms with Crippen molar-refractivity contribution in [1.29, 1.82) is 0 Å². The second-order valence-electron chi connectivity index (χ2n) is 7.28. The van der Waals surface area contributed by atoms with Crippen molar-refractivity contribution in [3.05, 3.63) is 0 Å². The van der Waals surface area contributed by atoms with Crippen molar-refractivity contribution in [2.24, 2.45) is 0 Å². The summed E-state index contributed by atoms with van der Waals surface area (Å²) in [5, 5.41) is 11.9. The number of carbonyl (C=O) groups is 2. The minimum atomic E-state index is -3.78. The van der Waals surface area contributed by atoms with E-state index in [1.54, 1.807) is 20.8 Å². The van der Waals surface area contributed by atoms with Crippen LogP contribution in [0.5, 0.6) is 0 Å². The van der Waals surface area contributed by atoms with Crippen molar-refractivity contribution in [3.8, 4) is 0 Å². The highest BCUT2D eigenvalue weighted by Crippen LogP contribution is 2.26.